The quantitative estimate of drug-likeness (QED) is 0.688. The van der Waals surface area contributed by atoms with Crippen molar-refractivity contribution in [3.05, 3.63) is 64.7 Å². The van der Waals surface area contributed by atoms with E-state index in [4.69, 9.17) is 0 Å². The fourth-order valence-electron chi connectivity index (χ4n) is 2.66. The number of allylic oxidation sites excluding steroid dienone is 1. The van der Waals surface area contributed by atoms with Gasteiger partial charge >= 0.3 is 0 Å². The molecule has 2 aromatic rings. The van der Waals surface area contributed by atoms with Crippen molar-refractivity contribution in [3.63, 3.8) is 0 Å². The minimum absolute atomic E-state index is 0.0148. The van der Waals surface area contributed by atoms with E-state index in [1.807, 2.05) is 0 Å². The lowest BCUT2D eigenvalue weighted by Crippen LogP contribution is -1.93. The highest BCUT2D eigenvalue weighted by atomic mass is 31.1. The van der Waals surface area contributed by atoms with Crippen molar-refractivity contribution in [1.29, 1.82) is 0 Å². The molecule has 1 aliphatic rings. The van der Waals surface area contributed by atoms with Gasteiger partial charge in [0.25, 0.3) is 0 Å². The largest absolute Gasteiger partial charge is 0.121 e. The third-order valence-electron chi connectivity index (χ3n) is 3.45. The molecular formula is C16H17P. The van der Waals surface area contributed by atoms with E-state index in [2.05, 4.69) is 61.3 Å². The minimum Gasteiger partial charge on any atom is -0.121 e. The van der Waals surface area contributed by atoms with E-state index >= 15 is 0 Å². The normalized spacial score (nSPS) is 18.4. The Morgan fingerprint density at radius 2 is 2.00 bits per heavy atom. The first-order valence-electron chi connectivity index (χ1n) is 6.32. The van der Waals surface area contributed by atoms with Gasteiger partial charge in [0.1, 0.15) is 0 Å². The smallest absolute Gasteiger partial charge is 0.0316 e. The van der Waals surface area contributed by atoms with E-state index in [0.717, 1.165) is 0 Å². The first-order valence-corrected chi connectivity index (χ1v) is 7.92. The second kappa shape index (κ2) is 4.55. The third-order valence-corrected chi connectivity index (χ3v) is 6.00. The summed E-state index contributed by atoms with van der Waals surface area (Å²) in [4.78, 5) is 0. The van der Waals surface area contributed by atoms with Gasteiger partial charge in [-0.25, -0.2) is 0 Å². The molecule has 0 aliphatic heterocycles. The Hall–Kier alpha value is -1.26. The van der Waals surface area contributed by atoms with E-state index in [0.29, 0.717) is 5.92 Å². The van der Waals surface area contributed by atoms with Crippen LogP contribution in [0.2, 0.25) is 0 Å². The molecule has 1 heterocycles. The van der Waals surface area contributed by atoms with Crippen LogP contribution in [-0.2, 0) is 6.16 Å². The molecule has 0 spiro atoms. The molecule has 1 aliphatic carbocycles. The first-order chi connectivity index (χ1) is 8.40. The van der Waals surface area contributed by atoms with Crippen LogP contribution < -0.4 is 0 Å². The van der Waals surface area contributed by atoms with E-state index in [-0.39, 0.29) is 7.53 Å². The second-order valence-corrected chi connectivity index (χ2v) is 6.79. The summed E-state index contributed by atoms with van der Waals surface area (Å²) in [5, 5.41) is 1.64. The lowest BCUT2D eigenvalue weighted by atomic mass is 9.99. The zero-order valence-electron chi connectivity index (χ0n) is 10.1. The molecule has 0 saturated heterocycles. The lowest BCUT2D eigenvalue weighted by molar-refractivity contribution is 1.02. The van der Waals surface area contributed by atoms with Gasteiger partial charge in [-0.3, -0.25) is 0 Å². The van der Waals surface area contributed by atoms with Crippen LogP contribution in [0.15, 0.2) is 48.3 Å². The van der Waals surface area contributed by atoms with E-state index in [1.54, 1.807) is 5.30 Å². The van der Waals surface area contributed by atoms with Gasteiger partial charge in [0.05, 0.1) is 0 Å². The maximum Gasteiger partial charge on any atom is 0.0316 e. The Labute approximate surface area is 104 Å². The van der Waals surface area contributed by atoms with Gasteiger partial charge in [0.15, 0.2) is 0 Å². The Morgan fingerprint density at radius 3 is 2.88 bits per heavy atom. The zero-order chi connectivity index (χ0) is 11.7. The van der Waals surface area contributed by atoms with Crippen LogP contribution in [0.25, 0.3) is 6.08 Å². The molecular weight excluding hydrogens is 223 g/mol. The maximum absolute atomic E-state index is 2.42. The van der Waals surface area contributed by atoms with E-state index in [1.165, 1.54) is 23.7 Å². The van der Waals surface area contributed by atoms with Gasteiger partial charge in [-0.2, -0.15) is 0 Å². The zero-order valence-corrected chi connectivity index (χ0v) is 11.0. The molecule has 0 nitrogen and oxygen atoms in total. The molecule has 0 amide bonds. The van der Waals surface area contributed by atoms with Crippen molar-refractivity contribution in [2.24, 2.45) is 0 Å². The van der Waals surface area contributed by atoms with Crippen LogP contribution in [0.4, 0.5) is 0 Å². The van der Waals surface area contributed by atoms with Crippen LogP contribution in [0, 0.1) is 0 Å². The lowest BCUT2D eigenvalue weighted by Gasteiger charge is -2.13. The molecule has 0 saturated carbocycles. The average molecular weight is 240 g/mol. The van der Waals surface area contributed by atoms with Crippen LogP contribution in [0.5, 0.6) is 0 Å². The van der Waals surface area contributed by atoms with Crippen LogP contribution in [-0.4, -0.2) is 0 Å². The van der Waals surface area contributed by atoms with E-state index in [9.17, 15) is 0 Å². The number of fused-ring (bicyclic) bond motifs is 1. The molecule has 1 aromatic heterocycles. The molecule has 3 rings (SSSR count). The van der Waals surface area contributed by atoms with Gasteiger partial charge in [-0.1, -0.05) is 55.5 Å². The molecule has 2 atom stereocenters. The SMILES string of the molecule is CCCp1cccc1C1C=Cc2ccccc21. The van der Waals surface area contributed by atoms with E-state index < -0.39 is 0 Å². The van der Waals surface area contributed by atoms with Crippen molar-refractivity contribution in [2.45, 2.75) is 25.4 Å². The fourth-order valence-corrected chi connectivity index (χ4v) is 4.88. The Morgan fingerprint density at radius 1 is 1.12 bits per heavy atom. The second-order valence-electron chi connectivity index (χ2n) is 4.59. The predicted octanol–water partition coefficient (Wildman–Crippen LogP) is 5.24. The third kappa shape index (κ3) is 1.87. The van der Waals surface area contributed by atoms with Crippen molar-refractivity contribution in [3.8, 4) is 0 Å². The molecule has 1 aromatic carbocycles. The highest BCUT2D eigenvalue weighted by molar-refractivity contribution is 7.49. The molecule has 2 unspecified atom stereocenters. The summed E-state index contributed by atoms with van der Waals surface area (Å²) in [6, 6.07) is 13.4. The highest BCUT2D eigenvalue weighted by Crippen LogP contribution is 2.46. The maximum atomic E-state index is 2.42. The Bertz CT molecular complexity index is 548. The number of hydrogen-bond donors (Lipinski definition) is 0. The number of aryl methyl sites for hydroxylation is 1. The number of rotatable bonds is 3. The topological polar surface area (TPSA) is 0 Å². The summed E-state index contributed by atoms with van der Waals surface area (Å²) >= 11 is 0. The molecule has 86 valence electrons. The van der Waals surface area contributed by atoms with Crippen molar-refractivity contribution in [1.82, 2.24) is 0 Å². The van der Waals surface area contributed by atoms with Gasteiger partial charge in [0, 0.05) is 5.92 Å². The predicted molar refractivity (Wildman–Crippen MR) is 76.8 cm³/mol. The molecule has 1 heteroatoms. The van der Waals surface area contributed by atoms with Crippen molar-refractivity contribution < 1.29 is 0 Å². The summed E-state index contributed by atoms with van der Waals surface area (Å²) in [5.74, 6) is 2.96. The fraction of sp³-hybridized carbons (Fsp3) is 0.250. The first kappa shape index (κ1) is 10.9. The highest BCUT2D eigenvalue weighted by Gasteiger charge is 2.20. The standard InChI is InChI=1S/C16H17P/c1-2-11-17-12-5-8-16(17)15-10-9-13-6-3-4-7-14(13)15/h3-10,12,15H,2,11H2,1H3. The number of benzene rings is 1. The summed E-state index contributed by atoms with van der Waals surface area (Å²) in [5.41, 5.74) is 2.89. The summed E-state index contributed by atoms with van der Waals surface area (Å²) in [7, 11) is -0.0148. The molecule has 0 bridgehead atoms. The van der Waals surface area contributed by atoms with Crippen LogP contribution in [0.3, 0.4) is 0 Å². The van der Waals surface area contributed by atoms with Gasteiger partial charge in [-0.05, 0) is 34.8 Å². The Kier molecular flexibility index (Phi) is 2.91. The molecule has 0 fully saturated rings. The van der Waals surface area contributed by atoms with Crippen molar-refractivity contribution in [2.75, 3.05) is 0 Å². The average Bonchev–Trinajstić information content (AvgIpc) is 2.95. The Balaban J connectivity index is 2.01. The molecule has 0 radical (unpaired) electrons. The summed E-state index contributed by atoms with van der Waals surface area (Å²) < 4.78 is 0. The van der Waals surface area contributed by atoms with Gasteiger partial charge in [0.2, 0.25) is 0 Å². The van der Waals surface area contributed by atoms with Gasteiger partial charge in [-0.15, -0.1) is 7.53 Å². The van der Waals surface area contributed by atoms with Crippen LogP contribution in [0.1, 0.15) is 35.7 Å². The summed E-state index contributed by atoms with van der Waals surface area (Å²) in [6.07, 6.45) is 7.27. The molecule has 17 heavy (non-hydrogen) atoms. The van der Waals surface area contributed by atoms with Crippen molar-refractivity contribution >= 4 is 13.6 Å². The minimum atomic E-state index is -0.0148. The molecule has 0 N–H and O–H groups in total. The van der Waals surface area contributed by atoms with Crippen LogP contribution >= 0.6 is 7.53 Å². The summed E-state index contributed by atoms with van der Waals surface area (Å²) in [6.45, 7) is 2.28. The monoisotopic (exact) mass is 240 g/mol. The van der Waals surface area contributed by atoms with Gasteiger partial charge < -0.3 is 0 Å². The number of hydrogen-bond acceptors (Lipinski definition) is 0.